The first-order valence-corrected chi connectivity index (χ1v) is 6.50. The fraction of sp³-hybridized carbons (Fsp3) is 0. The Morgan fingerprint density at radius 3 is 2.67 bits per heavy atom. The normalized spacial score (nSPS) is 16.9. The highest BCUT2D eigenvalue weighted by Crippen LogP contribution is 2.20. The predicted molar refractivity (Wildman–Crippen MR) is 65.7 cm³/mol. The lowest BCUT2D eigenvalue weighted by Gasteiger charge is -2.03. The van der Waals surface area contributed by atoms with Gasteiger partial charge in [-0.2, -0.15) is 12.8 Å². The molecule has 0 unspecified atom stereocenters. The van der Waals surface area contributed by atoms with Gasteiger partial charge in [0.15, 0.2) is 5.03 Å². The molecule has 0 saturated carbocycles. The van der Waals surface area contributed by atoms with E-state index < -0.39 is 21.0 Å². The fourth-order valence-electron chi connectivity index (χ4n) is 1.23. The van der Waals surface area contributed by atoms with Crippen LogP contribution >= 0.6 is 11.6 Å². The van der Waals surface area contributed by atoms with E-state index in [1.54, 1.807) is 12.1 Å². The Bertz CT molecular complexity index is 679. The van der Waals surface area contributed by atoms with E-state index in [2.05, 4.69) is 4.40 Å². The third-order valence-electron chi connectivity index (χ3n) is 2.09. The number of halogens is 1. The number of nitrogens with two attached hydrogens (primary N) is 1. The zero-order chi connectivity index (χ0) is 13.3. The van der Waals surface area contributed by atoms with Crippen LogP contribution in [0.5, 0.6) is 5.75 Å². The number of ether oxygens (including phenoxy) is 1. The SMILES string of the molecule is NC1=C(C(=O)Oc2cccc(Cl)c2)C=NS1(=O)=O. The van der Waals surface area contributed by atoms with Crippen molar-refractivity contribution in [3.63, 3.8) is 0 Å². The Morgan fingerprint density at radius 1 is 1.39 bits per heavy atom. The van der Waals surface area contributed by atoms with Crippen LogP contribution in [0.1, 0.15) is 0 Å². The molecule has 1 heterocycles. The summed E-state index contributed by atoms with van der Waals surface area (Å²) in [7, 11) is -3.92. The number of carbonyl (C=O) groups excluding carboxylic acids is 1. The van der Waals surface area contributed by atoms with Crippen LogP contribution in [0.4, 0.5) is 0 Å². The lowest BCUT2D eigenvalue weighted by atomic mass is 10.3. The molecule has 2 N–H and O–H groups in total. The smallest absolute Gasteiger partial charge is 0.348 e. The molecule has 0 aromatic heterocycles. The fourth-order valence-corrected chi connectivity index (χ4v) is 2.18. The summed E-state index contributed by atoms with van der Waals surface area (Å²) < 4.78 is 30.4. The second kappa shape index (κ2) is 4.43. The van der Waals surface area contributed by atoms with Crippen molar-refractivity contribution in [2.75, 3.05) is 0 Å². The van der Waals surface area contributed by atoms with Gasteiger partial charge in [0.1, 0.15) is 11.3 Å². The lowest BCUT2D eigenvalue weighted by molar-refractivity contribution is -0.129. The molecule has 0 spiro atoms. The monoisotopic (exact) mass is 286 g/mol. The minimum Gasteiger partial charge on any atom is -0.423 e. The number of sulfonamides is 1. The largest absolute Gasteiger partial charge is 0.423 e. The van der Waals surface area contributed by atoms with Crippen LogP contribution in [-0.4, -0.2) is 20.6 Å². The van der Waals surface area contributed by atoms with Gasteiger partial charge in [-0.1, -0.05) is 17.7 Å². The number of rotatable bonds is 2. The molecule has 2 rings (SSSR count). The highest BCUT2D eigenvalue weighted by molar-refractivity contribution is 7.94. The number of benzene rings is 1. The van der Waals surface area contributed by atoms with Crippen LogP contribution in [0.25, 0.3) is 0 Å². The Morgan fingerprint density at radius 2 is 2.11 bits per heavy atom. The molecule has 0 radical (unpaired) electrons. The maximum atomic E-state index is 11.7. The van der Waals surface area contributed by atoms with Crippen LogP contribution in [-0.2, 0) is 14.8 Å². The van der Waals surface area contributed by atoms with Crippen molar-refractivity contribution in [1.82, 2.24) is 0 Å². The number of hydrogen-bond donors (Lipinski definition) is 1. The van der Waals surface area contributed by atoms with Crippen molar-refractivity contribution in [1.29, 1.82) is 0 Å². The molecule has 6 nitrogen and oxygen atoms in total. The van der Waals surface area contributed by atoms with Crippen molar-refractivity contribution in [3.8, 4) is 5.75 Å². The topological polar surface area (TPSA) is 98.8 Å². The zero-order valence-electron chi connectivity index (χ0n) is 8.83. The minimum absolute atomic E-state index is 0.186. The second-order valence-electron chi connectivity index (χ2n) is 3.33. The molecule has 0 aliphatic carbocycles. The molecule has 0 atom stereocenters. The van der Waals surface area contributed by atoms with E-state index in [1.165, 1.54) is 12.1 Å². The molecule has 0 bridgehead atoms. The Balaban J connectivity index is 2.25. The van der Waals surface area contributed by atoms with Crippen molar-refractivity contribution in [3.05, 3.63) is 39.9 Å². The summed E-state index contributed by atoms with van der Waals surface area (Å²) in [6.07, 6.45) is 0.859. The maximum Gasteiger partial charge on any atom is 0.348 e. The molecule has 1 aromatic rings. The minimum atomic E-state index is -3.92. The first kappa shape index (κ1) is 12.6. The quantitative estimate of drug-likeness (QED) is 0.641. The van der Waals surface area contributed by atoms with Crippen LogP contribution in [0, 0.1) is 0 Å². The molecular formula is C10H7ClN2O4S. The van der Waals surface area contributed by atoms with E-state index in [9.17, 15) is 13.2 Å². The summed E-state index contributed by atoms with van der Waals surface area (Å²) in [5.41, 5.74) is 4.98. The average Bonchev–Trinajstić information content (AvgIpc) is 2.54. The third kappa shape index (κ3) is 2.36. The van der Waals surface area contributed by atoms with Gasteiger partial charge in [-0.3, -0.25) is 0 Å². The van der Waals surface area contributed by atoms with E-state index in [4.69, 9.17) is 22.1 Å². The van der Waals surface area contributed by atoms with Crippen molar-refractivity contribution in [2.24, 2.45) is 10.1 Å². The first-order chi connectivity index (χ1) is 8.40. The summed E-state index contributed by atoms with van der Waals surface area (Å²) in [6.45, 7) is 0. The highest BCUT2D eigenvalue weighted by atomic mass is 35.5. The summed E-state index contributed by atoms with van der Waals surface area (Å²) in [5, 5.41) is -0.232. The van der Waals surface area contributed by atoms with Gasteiger partial charge in [0.2, 0.25) is 0 Å². The average molecular weight is 287 g/mol. The molecule has 1 aliphatic rings. The highest BCUT2D eigenvalue weighted by Gasteiger charge is 2.28. The van der Waals surface area contributed by atoms with Crippen LogP contribution in [0.2, 0.25) is 5.02 Å². The molecular weight excluding hydrogens is 280 g/mol. The standard InChI is InChI=1S/C10H7ClN2O4S/c11-6-2-1-3-7(4-6)17-10(14)8-5-13-18(15,16)9(8)12/h1-5H,12H2. The molecule has 0 amide bonds. The van der Waals surface area contributed by atoms with Gasteiger partial charge < -0.3 is 10.5 Å². The van der Waals surface area contributed by atoms with Crippen molar-refractivity contribution >= 4 is 33.8 Å². The summed E-state index contributed by atoms with van der Waals surface area (Å²) in [5.74, 6) is -0.718. The Kier molecular flexibility index (Phi) is 3.10. The van der Waals surface area contributed by atoms with E-state index >= 15 is 0 Å². The van der Waals surface area contributed by atoms with E-state index in [0.717, 1.165) is 6.21 Å². The summed E-state index contributed by atoms with van der Waals surface area (Å²) >= 11 is 5.71. The predicted octanol–water partition coefficient (Wildman–Crippen LogP) is 0.830. The van der Waals surface area contributed by atoms with Gasteiger partial charge in [-0.05, 0) is 18.2 Å². The van der Waals surface area contributed by atoms with E-state index in [-0.39, 0.29) is 11.3 Å². The summed E-state index contributed by atoms with van der Waals surface area (Å²) in [6, 6.07) is 6.11. The number of nitrogens with zero attached hydrogens (tertiary/aromatic N) is 1. The Hall–Kier alpha value is -1.86. The van der Waals surface area contributed by atoms with E-state index in [1.807, 2.05) is 0 Å². The van der Waals surface area contributed by atoms with Crippen molar-refractivity contribution < 1.29 is 17.9 Å². The molecule has 94 valence electrons. The van der Waals surface area contributed by atoms with E-state index in [0.29, 0.717) is 5.02 Å². The summed E-state index contributed by atoms with van der Waals surface area (Å²) in [4.78, 5) is 11.7. The van der Waals surface area contributed by atoms with Gasteiger partial charge in [-0.25, -0.2) is 4.79 Å². The number of esters is 1. The number of carbonyl (C=O) groups is 1. The Labute approximate surface area is 108 Å². The van der Waals surface area contributed by atoms with Gasteiger partial charge in [0.25, 0.3) is 10.0 Å². The number of hydrogen-bond acceptors (Lipinski definition) is 5. The van der Waals surface area contributed by atoms with Crippen molar-refractivity contribution in [2.45, 2.75) is 0 Å². The van der Waals surface area contributed by atoms with Gasteiger partial charge in [-0.15, -0.1) is 0 Å². The molecule has 8 heteroatoms. The van der Waals surface area contributed by atoms with Gasteiger partial charge in [0, 0.05) is 5.02 Å². The van der Waals surface area contributed by atoms with Crippen LogP contribution in [0.15, 0.2) is 39.3 Å². The van der Waals surface area contributed by atoms with Gasteiger partial charge >= 0.3 is 5.97 Å². The van der Waals surface area contributed by atoms with Crippen LogP contribution < -0.4 is 10.5 Å². The lowest BCUT2D eigenvalue weighted by Crippen LogP contribution is -2.17. The van der Waals surface area contributed by atoms with Crippen LogP contribution in [0.3, 0.4) is 0 Å². The molecule has 0 fully saturated rings. The zero-order valence-corrected chi connectivity index (χ0v) is 10.4. The maximum absolute atomic E-state index is 11.7. The van der Waals surface area contributed by atoms with Gasteiger partial charge in [0.05, 0.1) is 6.21 Å². The third-order valence-corrected chi connectivity index (χ3v) is 3.48. The molecule has 0 saturated heterocycles. The molecule has 18 heavy (non-hydrogen) atoms. The second-order valence-corrected chi connectivity index (χ2v) is 5.37. The molecule has 1 aromatic carbocycles. The first-order valence-electron chi connectivity index (χ1n) is 4.68. The molecule has 1 aliphatic heterocycles.